The molecule has 2 rings (SSSR count). The molecular formula is C18H11BrF7N3O. The van der Waals surface area contributed by atoms with Crippen LogP contribution in [0.5, 0.6) is 5.75 Å². The van der Waals surface area contributed by atoms with Gasteiger partial charge in [-0.15, -0.1) is 0 Å². The second-order valence-electron chi connectivity index (χ2n) is 5.80. The Bertz CT molecular complexity index is 954. The molecule has 0 radical (unpaired) electrons. The van der Waals surface area contributed by atoms with Crippen molar-refractivity contribution in [2.75, 3.05) is 0 Å². The van der Waals surface area contributed by atoms with Crippen molar-refractivity contribution in [3.05, 3.63) is 63.6 Å². The molecule has 0 spiro atoms. The van der Waals surface area contributed by atoms with E-state index in [1.54, 1.807) is 24.3 Å². The van der Waals surface area contributed by atoms with Crippen LogP contribution in [-0.2, 0) is 6.61 Å². The minimum Gasteiger partial charge on any atom is -0.488 e. The van der Waals surface area contributed by atoms with Crippen molar-refractivity contribution in [2.24, 2.45) is 5.10 Å². The van der Waals surface area contributed by atoms with Gasteiger partial charge in [-0.2, -0.15) is 41.1 Å². The summed E-state index contributed by atoms with van der Waals surface area (Å²) in [4.78, 5) is 0. The topological polar surface area (TPSA) is 57.4 Å². The van der Waals surface area contributed by atoms with Crippen LogP contribution in [0.15, 0.2) is 52.0 Å². The van der Waals surface area contributed by atoms with E-state index in [9.17, 15) is 30.7 Å². The molecule has 0 bridgehead atoms. The smallest absolute Gasteiger partial charge is 0.462 e. The Labute approximate surface area is 174 Å². The quantitative estimate of drug-likeness (QED) is 0.234. The highest BCUT2D eigenvalue weighted by Crippen LogP contribution is 2.45. The Morgan fingerprint density at radius 1 is 1.03 bits per heavy atom. The lowest BCUT2D eigenvalue weighted by molar-refractivity contribution is -0.361. The lowest BCUT2D eigenvalue weighted by Gasteiger charge is -2.27. The molecule has 0 aliphatic carbocycles. The van der Waals surface area contributed by atoms with Crippen LogP contribution in [-0.4, -0.2) is 24.4 Å². The molecule has 2 aromatic carbocycles. The third kappa shape index (κ3) is 5.41. The Morgan fingerprint density at radius 2 is 1.67 bits per heavy atom. The molecule has 30 heavy (non-hydrogen) atoms. The predicted octanol–water partition coefficient (Wildman–Crippen LogP) is 5.61. The molecule has 4 nitrogen and oxygen atoms in total. The van der Waals surface area contributed by atoms with Crippen molar-refractivity contribution >= 4 is 22.1 Å². The van der Waals surface area contributed by atoms with Crippen LogP contribution in [0, 0.1) is 11.3 Å². The van der Waals surface area contributed by atoms with E-state index in [1.165, 1.54) is 18.2 Å². The minimum absolute atomic E-state index is 0.00388. The minimum atomic E-state index is -6.47. The zero-order valence-electron chi connectivity index (χ0n) is 14.7. The molecule has 0 heterocycles. The fourth-order valence-electron chi connectivity index (χ4n) is 2.02. The number of nitrogens with zero attached hydrogens (tertiary/aromatic N) is 2. The largest absolute Gasteiger partial charge is 0.488 e. The van der Waals surface area contributed by atoms with E-state index in [0.717, 1.165) is 0 Å². The van der Waals surface area contributed by atoms with Crippen molar-refractivity contribution in [1.29, 1.82) is 5.26 Å². The SMILES string of the molecule is N#Cc1ccc(COc2ccc(Br)cc2/C=N\NC(F)(F)C(F)(F)C(F)(F)F)cc1. The lowest BCUT2D eigenvalue weighted by Crippen LogP contribution is -2.58. The summed E-state index contributed by atoms with van der Waals surface area (Å²) in [5, 5.41) is 11.6. The fourth-order valence-corrected chi connectivity index (χ4v) is 2.40. The molecule has 12 heteroatoms. The number of alkyl halides is 7. The van der Waals surface area contributed by atoms with E-state index < -0.39 is 18.1 Å². The summed E-state index contributed by atoms with van der Waals surface area (Å²) < 4.78 is 94.6. The molecule has 0 saturated heterocycles. The van der Waals surface area contributed by atoms with Gasteiger partial charge >= 0.3 is 18.1 Å². The number of nitrogens with one attached hydrogen (secondary N) is 1. The van der Waals surface area contributed by atoms with Crippen molar-refractivity contribution in [3.63, 3.8) is 0 Å². The molecule has 0 saturated carbocycles. The van der Waals surface area contributed by atoms with Crippen LogP contribution in [0.2, 0.25) is 0 Å². The number of hydrogen-bond acceptors (Lipinski definition) is 4. The Kier molecular flexibility index (Phi) is 6.97. The van der Waals surface area contributed by atoms with Crippen molar-refractivity contribution in [1.82, 2.24) is 5.43 Å². The van der Waals surface area contributed by atoms with Crippen LogP contribution in [0.1, 0.15) is 16.7 Å². The van der Waals surface area contributed by atoms with Crippen LogP contribution in [0.3, 0.4) is 0 Å². The van der Waals surface area contributed by atoms with Gasteiger partial charge in [0.1, 0.15) is 12.4 Å². The van der Waals surface area contributed by atoms with Gasteiger partial charge in [0.25, 0.3) is 0 Å². The average molecular weight is 498 g/mol. The van der Waals surface area contributed by atoms with Crippen LogP contribution < -0.4 is 10.2 Å². The summed E-state index contributed by atoms with van der Waals surface area (Å²) in [6, 6.07) is 6.89. The number of hydrazone groups is 1. The van der Waals surface area contributed by atoms with Crippen molar-refractivity contribution in [2.45, 2.75) is 24.8 Å². The first-order valence-corrected chi connectivity index (χ1v) is 8.70. The number of halogens is 8. The third-order valence-electron chi connectivity index (χ3n) is 3.61. The summed E-state index contributed by atoms with van der Waals surface area (Å²) in [6.07, 6.45) is -5.84. The highest BCUT2D eigenvalue weighted by Gasteiger charge is 2.73. The van der Waals surface area contributed by atoms with Gasteiger partial charge in [-0.1, -0.05) is 28.1 Å². The molecule has 0 aliphatic heterocycles. The average Bonchev–Trinajstić information content (AvgIpc) is 2.66. The van der Waals surface area contributed by atoms with Crippen molar-refractivity contribution in [3.8, 4) is 11.8 Å². The highest BCUT2D eigenvalue weighted by atomic mass is 79.9. The fraction of sp³-hybridized carbons (Fsp3) is 0.222. The summed E-state index contributed by atoms with van der Waals surface area (Å²) in [5.74, 6) is -6.23. The normalized spacial score (nSPS) is 12.6. The molecule has 0 aliphatic rings. The first-order valence-electron chi connectivity index (χ1n) is 7.91. The van der Waals surface area contributed by atoms with Crippen LogP contribution >= 0.6 is 15.9 Å². The summed E-state index contributed by atoms with van der Waals surface area (Å²) in [5.41, 5.74) is 1.67. The number of rotatable bonds is 7. The van der Waals surface area contributed by atoms with Gasteiger partial charge in [0, 0.05) is 10.0 Å². The number of hydrogen-bond donors (Lipinski definition) is 1. The molecule has 2 aromatic rings. The van der Waals surface area contributed by atoms with Gasteiger partial charge in [0.05, 0.1) is 17.8 Å². The third-order valence-corrected chi connectivity index (χ3v) is 4.10. The maximum Gasteiger partial charge on any atom is 0.462 e. The standard InChI is InChI=1S/C18H11BrF7N3O/c19-14-5-6-15(30-10-12-3-1-11(8-27)2-4-12)13(7-14)9-28-29-18(25,26)16(20,21)17(22,23)24/h1-7,9,29H,10H2/b28-9-. The maximum atomic E-state index is 13.3. The van der Waals surface area contributed by atoms with E-state index in [4.69, 9.17) is 10.00 Å². The highest BCUT2D eigenvalue weighted by molar-refractivity contribution is 9.10. The number of nitriles is 1. The summed E-state index contributed by atoms with van der Waals surface area (Å²) >= 11 is 3.11. The van der Waals surface area contributed by atoms with Gasteiger partial charge in [-0.05, 0) is 35.9 Å². The molecular weight excluding hydrogens is 487 g/mol. The molecule has 0 fully saturated rings. The predicted molar refractivity (Wildman–Crippen MR) is 96.3 cm³/mol. The Morgan fingerprint density at radius 3 is 2.23 bits per heavy atom. The zero-order valence-corrected chi connectivity index (χ0v) is 16.2. The van der Waals surface area contributed by atoms with E-state index in [2.05, 4.69) is 21.0 Å². The van der Waals surface area contributed by atoms with Gasteiger partial charge in [0.15, 0.2) is 0 Å². The second kappa shape index (κ2) is 8.91. The molecule has 0 unspecified atom stereocenters. The number of benzene rings is 2. The van der Waals surface area contributed by atoms with Crippen LogP contribution in [0.4, 0.5) is 30.7 Å². The van der Waals surface area contributed by atoms with Gasteiger partial charge in [-0.25, -0.2) is 5.43 Å². The molecule has 1 N–H and O–H groups in total. The van der Waals surface area contributed by atoms with Crippen molar-refractivity contribution < 1.29 is 35.5 Å². The van der Waals surface area contributed by atoms with Gasteiger partial charge in [-0.3, -0.25) is 0 Å². The molecule has 0 atom stereocenters. The van der Waals surface area contributed by atoms with Gasteiger partial charge in [0.2, 0.25) is 0 Å². The second-order valence-corrected chi connectivity index (χ2v) is 6.71. The van der Waals surface area contributed by atoms with Gasteiger partial charge < -0.3 is 4.74 Å². The monoisotopic (exact) mass is 497 g/mol. The lowest BCUT2D eigenvalue weighted by atomic mass is 10.1. The Balaban J connectivity index is 2.15. The first-order chi connectivity index (χ1) is 13.9. The van der Waals surface area contributed by atoms with E-state index in [-0.39, 0.29) is 17.9 Å². The maximum absolute atomic E-state index is 13.3. The molecule has 160 valence electrons. The first kappa shape index (κ1) is 23.5. The number of ether oxygens (including phenoxy) is 1. The molecule has 0 aromatic heterocycles. The van der Waals surface area contributed by atoms with E-state index in [1.807, 2.05) is 6.07 Å². The van der Waals surface area contributed by atoms with E-state index >= 15 is 0 Å². The molecule has 0 amide bonds. The van der Waals surface area contributed by atoms with Crippen LogP contribution in [0.25, 0.3) is 0 Å². The zero-order chi connectivity index (χ0) is 22.6. The summed E-state index contributed by atoms with van der Waals surface area (Å²) in [6.45, 7) is 0.00388. The summed E-state index contributed by atoms with van der Waals surface area (Å²) in [7, 11) is 0. The Hall–Kier alpha value is -2.81. The van der Waals surface area contributed by atoms with E-state index in [0.29, 0.717) is 27.2 Å².